The fourth-order valence-corrected chi connectivity index (χ4v) is 3.51. The number of hydrogen-bond acceptors (Lipinski definition) is 2. The first-order valence-electron chi connectivity index (χ1n) is 8.84. The Morgan fingerprint density at radius 3 is 2.00 bits per heavy atom. The lowest BCUT2D eigenvalue weighted by atomic mass is 9.93. The maximum atomic E-state index is 13.5. The number of hydrogen-bond donors (Lipinski definition) is 1. The molecule has 1 N–H and O–H groups in total. The van der Waals surface area contributed by atoms with Gasteiger partial charge < -0.3 is 10.0 Å². The van der Waals surface area contributed by atoms with Crippen molar-refractivity contribution in [3.05, 3.63) is 113 Å². The van der Waals surface area contributed by atoms with Crippen molar-refractivity contribution >= 4 is 11.5 Å². The van der Waals surface area contributed by atoms with E-state index in [9.17, 15) is 18.7 Å². The molecule has 0 saturated heterocycles. The van der Waals surface area contributed by atoms with E-state index in [-0.39, 0.29) is 18.1 Å². The molecule has 1 heterocycles. The minimum atomic E-state index is -0.612. The Morgan fingerprint density at radius 1 is 0.821 bits per heavy atom. The average molecular weight is 377 g/mol. The Bertz CT molecular complexity index is 1030. The monoisotopic (exact) mass is 377 g/mol. The molecule has 1 aliphatic heterocycles. The quantitative estimate of drug-likeness (QED) is 0.694. The standard InChI is InChI=1S/C23H17F2NO2/c24-18-10-6-16(7-11-18)20-21(17-8-12-19(25)13-9-17)26(23(28)22(20)27)14-15-4-2-1-3-5-15/h1-13,21,27H,14H2. The highest BCUT2D eigenvalue weighted by Crippen LogP contribution is 2.43. The van der Waals surface area contributed by atoms with Gasteiger partial charge in [0.15, 0.2) is 5.76 Å². The second kappa shape index (κ2) is 7.27. The third-order valence-electron chi connectivity index (χ3n) is 4.84. The molecule has 0 radical (unpaired) electrons. The van der Waals surface area contributed by atoms with Gasteiger partial charge in [-0.25, -0.2) is 8.78 Å². The summed E-state index contributed by atoms with van der Waals surface area (Å²) >= 11 is 0. The van der Waals surface area contributed by atoms with Gasteiger partial charge in [0.05, 0.1) is 6.04 Å². The van der Waals surface area contributed by atoms with E-state index < -0.39 is 17.8 Å². The van der Waals surface area contributed by atoms with E-state index in [0.29, 0.717) is 16.7 Å². The largest absolute Gasteiger partial charge is 0.503 e. The zero-order chi connectivity index (χ0) is 19.7. The van der Waals surface area contributed by atoms with Crippen LogP contribution in [0.5, 0.6) is 0 Å². The summed E-state index contributed by atoms with van der Waals surface area (Å²) in [5.74, 6) is -1.69. The van der Waals surface area contributed by atoms with Crippen LogP contribution in [0.1, 0.15) is 22.7 Å². The molecule has 140 valence electrons. The molecule has 0 aromatic heterocycles. The molecule has 28 heavy (non-hydrogen) atoms. The number of benzene rings is 3. The third kappa shape index (κ3) is 3.27. The van der Waals surface area contributed by atoms with Gasteiger partial charge in [0.25, 0.3) is 5.91 Å². The normalized spacial score (nSPS) is 16.7. The Hall–Kier alpha value is -3.47. The first-order chi connectivity index (χ1) is 13.5. The average Bonchev–Trinajstić information content (AvgIpc) is 2.95. The summed E-state index contributed by atoms with van der Waals surface area (Å²) in [4.78, 5) is 14.4. The Morgan fingerprint density at radius 2 is 1.39 bits per heavy atom. The molecule has 5 heteroatoms. The van der Waals surface area contributed by atoms with Gasteiger partial charge in [-0.1, -0.05) is 54.6 Å². The second-order valence-electron chi connectivity index (χ2n) is 6.64. The molecule has 4 rings (SSSR count). The van der Waals surface area contributed by atoms with Crippen molar-refractivity contribution in [3.63, 3.8) is 0 Å². The van der Waals surface area contributed by atoms with Gasteiger partial charge in [-0.3, -0.25) is 4.79 Å². The van der Waals surface area contributed by atoms with Gasteiger partial charge in [-0.15, -0.1) is 0 Å². The van der Waals surface area contributed by atoms with Crippen LogP contribution in [0.2, 0.25) is 0 Å². The second-order valence-corrected chi connectivity index (χ2v) is 6.64. The predicted molar refractivity (Wildman–Crippen MR) is 102 cm³/mol. The lowest BCUT2D eigenvalue weighted by molar-refractivity contribution is -0.130. The fourth-order valence-electron chi connectivity index (χ4n) is 3.51. The minimum absolute atomic E-state index is 0.274. The van der Waals surface area contributed by atoms with Crippen LogP contribution in [0.3, 0.4) is 0 Å². The zero-order valence-corrected chi connectivity index (χ0v) is 14.8. The first kappa shape index (κ1) is 17.9. The van der Waals surface area contributed by atoms with Gasteiger partial charge in [0.2, 0.25) is 0 Å². The van der Waals surface area contributed by atoms with E-state index in [1.165, 1.54) is 41.3 Å². The maximum absolute atomic E-state index is 13.5. The van der Waals surface area contributed by atoms with Crippen molar-refractivity contribution in [1.29, 1.82) is 0 Å². The van der Waals surface area contributed by atoms with Gasteiger partial charge in [0.1, 0.15) is 11.6 Å². The van der Waals surface area contributed by atoms with Crippen molar-refractivity contribution in [2.24, 2.45) is 0 Å². The summed E-state index contributed by atoms with van der Waals surface area (Å²) in [6.07, 6.45) is 0. The maximum Gasteiger partial charge on any atom is 0.290 e. The molecular weight excluding hydrogens is 360 g/mol. The Labute approximate surface area is 161 Å². The fraction of sp³-hybridized carbons (Fsp3) is 0.0870. The number of amides is 1. The molecule has 1 amide bonds. The minimum Gasteiger partial charge on any atom is -0.503 e. The van der Waals surface area contributed by atoms with Crippen LogP contribution in [-0.4, -0.2) is 15.9 Å². The molecule has 1 aliphatic rings. The number of carbonyl (C=O) groups is 1. The molecule has 3 aromatic carbocycles. The van der Waals surface area contributed by atoms with Crippen molar-refractivity contribution in [2.45, 2.75) is 12.6 Å². The highest BCUT2D eigenvalue weighted by molar-refractivity contribution is 6.05. The SMILES string of the molecule is O=C1C(O)=C(c2ccc(F)cc2)C(c2ccc(F)cc2)N1Cc1ccccc1. The highest BCUT2D eigenvalue weighted by Gasteiger charge is 2.40. The van der Waals surface area contributed by atoms with Crippen LogP contribution in [0.4, 0.5) is 8.78 Å². The number of aliphatic hydroxyl groups excluding tert-OH is 1. The van der Waals surface area contributed by atoms with E-state index in [0.717, 1.165) is 5.56 Å². The highest BCUT2D eigenvalue weighted by atomic mass is 19.1. The number of rotatable bonds is 4. The summed E-state index contributed by atoms with van der Waals surface area (Å²) in [6, 6.07) is 20.2. The molecule has 1 unspecified atom stereocenters. The molecule has 0 spiro atoms. The van der Waals surface area contributed by atoms with Crippen molar-refractivity contribution in [1.82, 2.24) is 4.90 Å². The molecular formula is C23H17F2NO2. The molecule has 0 aliphatic carbocycles. The number of halogens is 2. The number of nitrogens with zero attached hydrogens (tertiary/aromatic N) is 1. The molecule has 0 fully saturated rings. The number of aliphatic hydroxyl groups is 1. The lowest BCUT2D eigenvalue weighted by Crippen LogP contribution is -2.29. The van der Waals surface area contributed by atoms with Crippen LogP contribution in [-0.2, 0) is 11.3 Å². The van der Waals surface area contributed by atoms with Crippen molar-refractivity contribution < 1.29 is 18.7 Å². The van der Waals surface area contributed by atoms with E-state index >= 15 is 0 Å². The van der Waals surface area contributed by atoms with Crippen molar-refractivity contribution in [3.8, 4) is 0 Å². The smallest absolute Gasteiger partial charge is 0.290 e. The van der Waals surface area contributed by atoms with Crippen LogP contribution in [0.15, 0.2) is 84.6 Å². The van der Waals surface area contributed by atoms with Crippen molar-refractivity contribution in [2.75, 3.05) is 0 Å². The van der Waals surface area contributed by atoms with Gasteiger partial charge in [0, 0.05) is 12.1 Å². The summed E-state index contributed by atoms with van der Waals surface area (Å²) in [5.41, 5.74) is 2.48. The topological polar surface area (TPSA) is 40.5 Å². The molecule has 1 atom stereocenters. The van der Waals surface area contributed by atoms with Crippen LogP contribution < -0.4 is 0 Å². The van der Waals surface area contributed by atoms with Crippen LogP contribution in [0.25, 0.3) is 5.57 Å². The third-order valence-corrected chi connectivity index (χ3v) is 4.84. The zero-order valence-electron chi connectivity index (χ0n) is 14.8. The molecule has 3 nitrogen and oxygen atoms in total. The molecule has 0 bridgehead atoms. The summed E-state index contributed by atoms with van der Waals surface area (Å²) < 4.78 is 26.8. The van der Waals surface area contributed by atoms with Gasteiger partial charge >= 0.3 is 0 Å². The summed E-state index contributed by atoms with van der Waals surface area (Å²) in [7, 11) is 0. The van der Waals surface area contributed by atoms with Gasteiger partial charge in [-0.05, 0) is 41.0 Å². The van der Waals surface area contributed by atoms with Crippen LogP contribution in [0, 0.1) is 11.6 Å². The molecule has 0 saturated carbocycles. The van der Waals surface area contributed by atoms with E-state index in [4.69, 9.17) is 0 Å². The van der Waals surface area contributed by atoms with E-state index in [2.05, 4.69) is 0 Å². The lowest BCUT2D eigenvalue weighted by Gasteiger charge is -2.27. The van der Waals surface area contributed by atoms with Crippen LogP contribution >= 0.6 is 0 Å². The predicted octanol–water partition coefficient (Wildman–Crippen LogP) is 5.02. The van der Waals surface area contributed by atoms with E-state index in [1.807, 2.05) is 30.3 Å². The summed E-state index contributed by atoms with van der Waals surface area (Å²) in [5, 5.41) is 10.6. The Balaban J connectivity index is 1.81. The first-order valence-corrected chi connectivity index (χ1v) is 8.84. The number of carbonyl (C=O) groups excluding carboxylic acids is 1. The van der Waals surface area contributed by atoms with E-state index in [1.54, 1.807) is 12.1 Å². The summed E-state index contributed by atoms with van der Waals surface area (Å²) in [6.45, 7) is 0.274. The van der Waals surface area contributed by atoms with Gasteiger partial charge in [-0.2, -0.15) is 0 Å². The Kier molecular flexibility index (Phi) is 4.65. The molecule has 3 aromatic rings.